The van der Waals surface area contributed by atoms with Crippen LogP contribution >= 0.6 is 23.2 Å². The molecule has 1 amide bonds. The molecule has 0 aliphatic carbocycles. The molecule has 33 heavy (non-hydrogen) atoms. The number of carbonyl (C=O) groups excluding carboxylic acids is 2. The maximum Gasteiger partial charge on any atom is 0.302 e. The van der Waals surface area contributed by atoms with Crippen molar-refractivity contribution in [3.63, 3.8) is 0 Å². The van der Waals surface area contributed by atoms with Gasteiger partial charge in [0.25, 0.3) is 5.78 Å². The van der Waals surface area contributed by atoms with Crippen LogP contribution in [0.2, 0.25) is 10.0 Å². The molecule has 1 atom stereocenters. The number of aryl methyl sites for hydroxylation is 2. The van der Waals surface area contributed by atoms with E-state index in [1.807, 2.05) is 25.1 Å². The van der Waals surface area contributed by atoms with E-state index < -0.39 is 17.7 Å². The number of imidazole rings is 1. The van der Waals surface area contributed by atoms with Gasteiger partial charge in [0.1, 0.15) is 23.3 Å². The second kappa shape index (κ2) is 7.79. The first-order valence-corrected chi connectivity index (χ1v) is 10.8. The topological polar surface area (TPSA) is 99.4 Å². The Hall–Kier alpha value is -3.55. The first kappa shape index (κ1) is 21.3. The van der Waals surface area contributed by atoms with Gasteiger partial charge in [-0.25, -0.2) is 4.98 Å². The molecule has 9 heteroatoms. The van der Waals surface area contributed by atoms with E-state index in [0.717, 1.165) is 5.56 Å². The van der Waals surface area contributed by atoms with Crippen molar-refractivity contribution >= 4 is 57.6 Å². The Kier molecular flexibility index (Phi) is 5.03. The summed E-state index contributed by atoms with van der Waals surface area (Å²) in [5, 5.41) is 11.6. The minimum atomic E-state index is -1.03. The van der Waals surface area contributed by atoms with E-state index in [1.54, 1.807) is 19.1 Å². The molecule has 0 saturated carbocycles. The summed E-state index contributed by atoms with van der Waals surface area (Å²) < 4.78 is 5.79. The molecule has 2 aromatic carbocycles. The average molecular weight is 482 g/mol. The zero-order chi connectivity index (χ0) is 23.4. The minimum absolute atomic E-state index is 0.135. The summed E-state index contributed by atoms with van der Waals surface area (Å²) >= 11 is 12.1. The number of hydrogen-bond donors (Lipinski definition) is 2. The van der Waals surface area contributed by atoms with Gasteiger partial charge in [0.2, 0.25) is 5.95 Å². The van der Waals surface area contributed by atoms with Gasteiger partial charge < -0.3 is 14.5 Å². The fraction of sp³-hybridized carbons (Fsp3) is 0.125. The highest BCUT2D eigenvalue weighted by molar-refractivity contribution is 6.51. The molecule has 7 nitrogen and oxygen atoms in total. The molecule has 1 saturated heterocycles. The number of aliphatic hydroxyl groups is 1. The number of ketones is 1. The lowest BCUT2D eigenvalue weighted by atomic mass is 9.99. The summed E-state index contributed by atoms with van der Waals surface area (Å²) in [5.41, 5.74) is 2.47. The van der Waals surface area contributed by atoms with Crippen LogP contribution in [0.25, 0.3) is 16.8 Å². The molecule has 0 bridgehead atoms. The van der Waals surface area contributed by atoms with E-state index in [9.17, 15) is 14.7 Å². The Labute approximate surface area is 198 Å². The standard InChI is InChI=1S/C24H17Cl2N3O4/c1-11-3-7-16-17(9-11)28-24(27-16)29-20(18-8-4-12(2)33-18)19(22(31)23(29)32)21(30)13-5-6-14(25)15(26)10-13/h3-10,20,30H,1-2H3,(H,27,28)/b21-19+. The zero-order valence-corrected chi connectivity index (χ0v) is 19.0. The number of furan rings is 1. The van der Waals surface area contributed by atoms with Crippen LogP contribution in [0.5, 0.6) is 0 Å². The summed E-state index contributed by atoms with van der Waals surface area (Å²) in [5.74, 6) is -1.03. The lowest BCUT2D eigenvalue weighted by molar-refractivity contribution is -0.132. The highest BCUT2D eigenvalue weighted by atomic mass is 35.5. The van der Waals surface area contributed by atoms with E-state index in [1.165, 1.54) is 23.1 Å². The maximum absolute atomic E-state index is 13.2. The molecule has 2 N–H and O–H groups in total. The normalized spacial score (nSPS) is 17.9. The number of aliphatic hydroxyl groups excluding tert-OH is 1. The van der Waals surface area contributed by atoms with Gasteiger partial charge in [-0.3, -0.25) is 14.5 Å². The van der Waals surface area contributed by atoms with Crippen molar-refractivity contribution in [2.45, 2.75) is 19.9 Å². The van der Waals surface area contributed by atoms with Gasteiger partial charge in [0.05, 0.1) is 26.7 Å². The Morgan fingerprint density at radius 2 is 1.85 bits per heavy atom. The van der Waals surface area contributed by atoms with E-state index >= 15 is 0 Å². The Bertz CT molecular complexity index is 1480. The smallest absolute Gasteiger partial charge is 0.302 e. The number of aromatic amines is 1. The van der Waals surface area contributed by atoms with Crippen LogP contribution in [-0.4, -0.2) is 26.8 Å². The third-order valence-electron chi connectivity index (χ3n) is 5.52. The molecular weight excluding hydrogens is 465 g/mol. The number of carbonyl (C=O) groups is 2. The number of anilines is 1. The molecule has 1 fully saturated rings. The van der Waals surface area contributed by atoms with Crippen LogP contribution in [0.1, 0.15) is 28.7 Å². The number of amides is 1. The molecule has 3 heterocycles. The largest absolute Gasteiger partial charge is 0.507 e. The average Bonchev–Trinajstić information content (AvgIpc) is 3.45. The van der Waals surface area contributed by atoms with Crippen molar-refractivity contribution in [2.75, 3.05) is 4.90 Å². The Morgan fingerprint density at radius 3 is 2.55 bits per heavy atom. The molecule has 2 aromatic heterocycles. The maximum atomic E-state index is 13.2. The molecule has 1 aliphatic rings. The van der Waals surface area contributed by atoms with Gasteiger partial charge >= 0.3 is 5.91 Å². The number of halogens is 2. The highest BCUT2D eigenvalue weighted by Gasteiger charge is 2.49. The van der Waals surface area contributed by atoms with Gasteiger partial charge in [-0.15, -0.1) is 0 Å². The quantitative estimate of drug-likeness (QED) is 0.222. The summed E-state index contributed by atoms with van der Waals surface area (Å²) in [4.78, 5) is 35.2. The van der Waals surface area contributed by atoms with Crippen LogP contribution in [0.4, 0.5) is 5.95 Å². The fourth-order valence-electron chi connectivity index (χ4n) is 3.94. The predicted molar refractivity (Wildman–Crippen MR) is 126 cm³/mol. The summed E-state index contributed by atoms with van der Waals surface area (Å²) in [7, 11) is 0. The number of rotatable bonds is 3. The van der Waals surface area contributed by atoms with Crippen LogP contribution in [0, 0.1) is 13.8 Å². The molecule has 1 aliphatic heterocycles. The Balaban J connectivity index is 1.73. The van der Waals surface area contributed by atoms with Crippen molar-refractivity contribution in [2.24, 2.45) is 0 Å². The van der Waals surface area contributed by atoms with Crippen LogP contribution in [0.15, 0.2) is 58.5 Å². The summed E-state index contributed by atoms with van der Waals surface area (Å²) in [6.07, 6.45) is 0. The van der Waals surface area contributed by atoms with Gasteiger partial charge in [-0.05, 0) is 61.9 Å². The number of H-pyrrole nitrogens is 1. The third-order valence-corrected chi connectivity index (χ3v) is 6.26. The number of hydrogen-bond acceptors (Lipinski definition) is 5. The van der Waals surface area contributed by atoms with Gasteiger partial charge in [-0.2, -0.15) is 0 Å². The van der Waals surface area contributed by atoms with Crippen molar-refractivity contribution in [1.82, 2.24) is 9.97 Å². The molecule has 0 radical (unpaired) electrons. The van der Waals surface area contributed by atoms with Crippen molar-refractivity contribution in [3.05, 3.63) is 86.8 Å². The zero-order valence-electron chi connectivity index (χ0n) is 17.5. The van der Waals surface area contributed by atoms with E-state index in [2.05, 4.69) is 9.97 Å². The molecule has 1 unspecified atom stereocenters. The second-order valence-electron chi connectivity index (χ2n) is 7.83. The van der Waals surface area contributed by atoms with Crippen LogP contribution < -0.4 is 4.90 Å². The lowest BCUT2D eigenvalue weighted by Crippen LogP contribution is -2.30. The third kappa shape index (κ3) is 3.50. The van der Waals surface area contributed by atoms with Crippen molar-refractivity contribution in [3.8, 4) is 0 Å². The second-order valence-corrected chi connectivity index (χ2v) is 8.64. The first-order valence-electron chi connectivity index (χ1n) is 10.0. The molecule has 4 aromatic rings. The molecule has 0 spiro atoms. The van der Waals surface area contributed by atoms with Gasteiger partial charge in [0, 0.05) is 5.56 Å². The fourth-order valence-corrected chi connectivity index (χ4v) is 4.24. The van der Waals surface area contributed by atoms with Crippen molar-refractivity contribution in [1.29, 1.82) is 0 Å². The van der Waals surface area contributed by atoms with E-state index in [-0.39, 0.29) is 27.9 Å². The molecular formula is C24H17Cl2N3O4. The number of aromatic nitrogens is 2. The first-order chi connectivity index (χ1) is 15.7. The number of Topliss-reactive ketones (excluding diaryl/α,β-unsaturated/α-hetero) is 1. The summed E-state index contributed by atoms with van der Waals surface area (Å²) in [6, 6.07) is 12.4. The minimum Gasteiger partial charge on any atom is -0.507 e. The molecule has 166 valence electrons. The van der Waals surface area contributed by atoms with Crippen LogP contribution in [0.3, 0.4) is 0 Å². The van der Waals surface area contributed by atoms with E-state index in [4.69, 9.17) is 27.6 Å². The van der Waals surface area contributed by atoms with Gasteiger partial charge in [0.15, 0.2) is 0 Å². The van der Waals surface area contributed by atoms with Crippen LogP contribution in [-0.2, 0) is 9.59 Å². The predicted octanol–water partition coefficient (Wildman–Crippen LogP) is 5.71. The number of fused-ring (bicyclic) bond motifs is 1. The number of benzene rings is 2. The SMILES string of the molecule is Cc1ccc2nc(N3C(=O)C(=O)/C(=C(/O)c4ccc(Cl)c(Cl)c4)C3c3ccc(C)o3)[nH]c2c1. The van der Waals surface area contributed by atoms with Gasteiger partial charge in [-0.1, -0.05) is 29.3 Å². The number of nitrogens with zero attached hydrogens (tertiary/aromatic N) is 2. The molecule has 5 rings (SSSR count). The highest BCUT2D eigenvalue weighted by Crippen LogP contribution is 2.42. The monoisotopic (exact) mass is 481 g/mol. The number of nitrogens with one attached hydrogen (secondary N) is 1. The van der Waals surface area contributed by atoms with E-state index in [0.29, 0.717) is 27.6 Å². The Morgan fingerprint density at radius 1 is 1.06 bits per heavy atom. The lowest BCUT2D eigenvalue weighted by Gasteiger charge is -2.20. The van der Waals surface area contributed by atoms with Crippen molar-refractivity contribution < 1.29 is 19.1 Å². The summed E-state index contributed by atoms with van der Waals surface area (Å²) in [6.45, 7) is 3.69.